The number of anilines is 1. The smallest absolute Gasteiger partial charge is 0.288 e. The molecule has 0 aliphatic heterocycles. The Bertz CT molecular complexity index is 542. The number of benzene rings is 1. The average Bonchev–Trinajstić information content (AvgIpc) is 2.74. The van der Waals surface area contributed by atoms with E-state index in [2.05, 4.69) is 5.32 Å². The molecule has 7 heteroatoms. The number of hydrogen-bond donors (Lipinski definition) is 2. The van der Waals surface area contributed by atoms with Gasteiger partial charge in [0, 0.05) is 23.7 Å². The molecule has 0 spiro atoms. The maximum Gasteiger partial charge on any atom is 0.288 e. The highest BCUT2D eigenvalue weighted by molar-refractivity contribution is 6.33. The Balaban J connectivity index is 2.01. The second-order valence-electron chi connectivity index (χ2n) is 5.22. The lowest BCUT2D eigenvalue weighted by Gasteiger charge is -2.22. The van der Waals surface area contributed by atoms with Gasteiger partial charge in [0.1, 0.15) is 5.02 Å². The molecule has 0 bridgehead atoms. The third kappa shape index (κ3) is 3.46. The molecule has 0 radical (unpaired) electrons. The molecule has 1 aliphatic carbocycles. The van der Waals surface area contributed by atoms with Crippen LogP contribution in [0.3, 0.4) is 0 Å². The van der Waals surface area contributed by atoms with Gasteiger partial charge in [-0.25, -0.2) is 0 Å². The molecule has 0 aromatic heterocycles. The average molecular weight is 298 g/mol. The van der Waals surface area contributed by atoms with Crippen molar-refractivity contribution >= 4 is 28.9 Å². The van der Waals surface area contributed by atoms with Gasteiger partial charge in [0.25, 0.3) is 5.69 Å². The first-order valence-corrected chi connectivity index (χ1v) is 6.80. The van der Waals surface area contributed by atoms with Crippen LogP contribution in [-0.4, -0.2) is 16.4 Å². The van der Waals surface area contributed by atoms with Crippen molar-refractivity contribution in [1.82, 2.24) is 0 Å². The summed E-state index contributed by atoms with van der Waals surface area (Å²) in [6.45, 7) is 0. The highest BCUT2D eigenvalue weighted by Gasteiger charge is 2.31. The first-order valence-electron chi connectivity index (χ1n) is 6.42. The van der Waals surface area contributed by atoms with Crippen molar-refractivity contribution < 1.29 is 9.72 Å². The Morgan fingerprint density at radius 2 is 2.10 bits per heavy atom. The second kappa shape index (κ2) is 5.76. The molecule has 20 heavy (non-hydrogen) atoms. The molecule has 1 amide bonds. The molecular weight excluding hydrogens is 282 g/mol. The predicted molar refractivity (Wildman–Crippen MR) is 76.7 cm³/mol. The Labute approximate surface area is 121 Å². The van der Waals surface area contributed by atoms with Crippen molar-refractivity contribution in [3.05, 3.63) is 33.3 Å². The lowest BCUT2D eigenvalue weighted by molar-refractivity contribution is -0.384. The van der Waals surface area contributed by atoms with Crippen LogP contribution in [0.15, 0.2) is 18.2 Å². The zero-order valence-corrected chi connectivity index (χ0v) is 11.7. The van der Waals surface area contributed by atoms with Crippen molar-refractivity contribution in [2.75, 3.05) is 5.32 Å². The van der Waals surface area contributed by atoms with Crippen LogP contribution in [0, 0.1) is 10.1 Å². The number of nitro groups is 1. The van der Waals surface area contributed by atoms with E-state index in [9.17, 15) is 14.9 Å². The maximum absolute atomic E-state index is 11.9. The van der Waals surface area contributed by atoms with Gasteiger partial charge < -0.3 is 11.1 Å². The third-order valence-corrected chi connectivity index (χ3v) is 3.84. The van der Waals surface area contributed by atoms with Gasteiger partial charge in [-0.15, -0.1) is 0 Å². The van der Waals surface area contributed by atoms with Crippen molar-refractivity contribution in [2.24, 2.45) is 5.73 Å². The Morgan fingerprint density at radius 1 is 1.45 bits per heavy atom. The first kappa shape index (κ1) is 14.7. The number of nitrogens with one attached hydrogen (secondary N) is 1. The summed E-state index contributed by atoms with van der Waals surface area (Å²) < 4.78 is 0. The SMILES string of the molecule is NC1(CC(=O)Nc2ccc([N+](=O)[O-])c(Cl)c2)CCCC1. The molecule has 6 nitrogen and oxygen atoms in total. The van der Waals surface area contributed by atoms with E-state index in [1.165, 1.54) is 18.2 Å². The zero-order chi connectivity index (χ0) is 14.8. The fourth-order valence-corrected chi connectivity index (χ4v) is 2.76. The Morgan fingerprint density at radius 3 is 2.65 bits per heavy atom. The number of rotatable bonds is 4. The van der Waals surface area contributed by atoms with Gasteiger partial charge in [-0.2, -0.15) is 0 Å². The lowest BCUT2D eigenvalue weighted by atomic mass is 9.94. The first-order chi connectivity index (χ1) is 9.39. The van der Waals surface area contributed by atoms with Crippen LogP contribution in [0.4, 0.5) is 11.4 Å². The minimum atomic E-state index is -0.568. The van der Waals surface area contributed by atoms with Crippen molar-refractivity contribution in [3.8, 4) is 0 Å². The number of halogens is 1. The summed E-state index contributed by atoms with van der Waals surface area (Å²) in [5, 5.41) is 13.3. The van der Waals surface area contributed by atoms with Crippen LogP contribution in [0.1, 0.15) is 32.1 Å². The fraction of sp³-hybridized carbons (Fsp3) is 0.462. The van der Waals surface area contributed by atoms with E-state index in [-0.39, 0.29) is 23.0 Å². The maximum atomic E-state index is 11.9. The van der Waals surface area contributed by atoms with E-state index >= 15 is 0 Å². The molecular formula is C13H16ClN3O3. The van der Waals surface area contributed by atoms with Gasteiger partial charge in [0.05, 0.1) is 4.92 Å². The molecule has 0 atom stereocenters. The largest absolute Gasteiger partial charge is 0.326 e. The summed E-state index contributed by atoms with van der Waals surface area (Å²) in [5.41, 5.74) is 5.96. The molecule has 0 heterocycles. The van der Waals surface area contributed by atoms with Crippen LogP contribution in [0.25, 0.3) is 0 Å². The van der Waals surface area contributed by atoms with E-state index in [0.717, 1.165) is 25.7 Å². The number of carbonyl (C=O) groups excluding carboxylic acids is 1. The molecule has 3 N–H and O–H groups in total. The molecule has 108 valence electrons. The summed E-state index contributed by atoms with van der Waals surface area (Å²) in [4.78, 5) is 22.0. The van der Waals surface area contributed by atoms with Crippen molar-refractivity contribution in [3.63, 3.8) is 0 Å². The van der Waals surface area contributed by atoms with Gasteiger partial charge in [-0.1, -0.05) is 24.4 Å². The summed E-state index contributed by atoms with van der Waals surface area (Å²) in [6.07, 6.45) is 4.05. The van der Waals surface area contributed by atoms with E-state index in [1.54, 1.807) is 0 Å². The number of nitro benzene ring substituents is 1. The van der Waals surface area contributed by atoms with Crippen LogP contribution in [0.2, 0.25) is 5.02 Å². The summed E-state index contributed by atoms with van der Waals surface area (Å²) in [5.74, 6) is -0.195. The topological polar surface area (TPSA) is 98.3 Å². The van der Waals surface area contributed by atoms with Gasteiger partial charge >= 0.3 is 0 Å². The molecule has 0 unspecified atom stereocenters. The minimum Gasteiger partial charge on any atom is -0.326 e. The van der Waals surface area contributed by atoms with Crippen LogP contribution in [0.5, 0.6) is 0 Å². The molecule has 2 rings (SSSR count). The number of amides is 1. The van der Waals surface area contributed by atoms with Gasteiger partial charge in [-0.05, 0) is 25.0 Å². The fourth-order valence-electron chi connectivity index (χ4n) is 2.51. The van der Waals surface area contributed by atoms with Gasteiger partial charge in [-0.3, -0.25) is 14.9 Å². The second-order valence-corrected chi connectivity index (χ2v) is 5.62. The summed E-state index contributed by atoms with van der Waals surface area (Å²) >= 11 is 5.79. The van der Waals surface area contributed by atoms with E-state index in [1.807, 2.05) is 0 Å². The van der Waals surface area contributed by atoms with Gasteiger partial charge in [0.2, 0.25) is 5.91 Å². The number of hydrogen-bond acceptors (Lipinski definition) is 4. The normalized spacial score (nSPS) is 16.9. The minimum absolute atomic E-state index is 0.00359. The van der Waals surface area contributed by atoms with E-state index < -0.39 is 10.5 Å². The third-order valence-electron chi connectivity index (χ3n) is 3.54. The molecule has 1 aromatic rings. The van der Waals surface area contributed by atoms with E-state index in [4.69, 9.17) is 17.3 Å². The van der Waals surface area contributed by atoms with Crippen molar-refractivity contribution in [2.45, 2.75) is 37.6 Å². The summed E-state index contributed by atoms with van der Waals surface area (Å²) in [7, 11) is 0. The van der Waals surface area contributed by atoms with Crippen LogP contribution >= 0.6 is 11.6 Å². The standard InChI is InChI=1S/C13H16ClN3O3/c14-10-7-9(3-4-11(10)17(19)20)16-12(18)8-13(15)5-1-2-6-13/h3-4,7H,1-2,5-6,8,15H2,(H,16,18). The predicted octanol–water partition coefficient (Wildman–Crippen LogP) is 2.85. The zero-order valence-electron chi connectivity index (χ0n) is 10.9. The van der Waals surface area contributed by atoms with Gasteiger partial charge in [0.15, 0.2) is 0 Å². The van der Waals surface area contributed by atoms with Crippen LogP contribution in [-0.2, 0) is 4.79 Å². The number of nitrogens with zero attached hydrogens (tertiary/aromatic N) is 1. The molecule has 1 saturated carbocycles. The Hall–Kier alpha value is -1.66. The summed E-state index contributed by atoms with van der Waals surface area (Å²) in [6, 6.07) is 4.10. The number of nitrogens with two attached hydrogens (primary N) is 1. The molecule has 0 saturated heterocycles. The van der Waals surface area contributed by atoms with Crippen LogP contribution < -0.4 is 11.1 Å². The Kier molecular flexibility index (Phi) is 4.25. The molecule has 1 aliphatic rings. The quantitative estimate of drug-likeness (QED) is 0.659. The lowest BCUT2D eigenvalue weighted by Crippen LogP contribution is -2.40. The highest BCUT2D eigenvalue weighted by Crippen LogP contribution is 2.31. The van der Waals surface area contributed by atoms with E-state index in [0.29, 0.717) is 5.69 Å². The monoisotopic (exact) mass is 297 g/mol. The number of carbonyl (C=O) groups is 1. The highest BCUT2D eigenvalue weighted by atomic mass is 35.5. The van der Waals surface area contributed by atoms with Crippen molar-refractivity contribution in [1.29, 1.82) is 0 Å². The molecule has 1 aromatic carbocycles. The molecule has 1 fully saturated rings.